The van der Waals surface area contributed by atoms with Crippen molar-refractivity contribution in [3.63, 3.8) is 0 Å². The number of carbonyl (C=O) groups is 2. The summed E-state index contributed by atoms with van der Waals surface area (Å²) in [6.07, 6.45) is 1.26. The van der Waals surface area contributed by atoms with Gasteiger partial charge in [0, 0.05) is 18.8 Å². The molecular weight excluding hydrogens is 328 g/mol. The first-order valence-electron chi connectivity index (χ1n) is 9.05. The van der Waals surface area contributed by atoms with Gasteiger partial charge in [0.05, 0.1) is 12.5 Å². The summed E-state index contributed by atoms with van der Waals surface area (Å²) in [7, 11) is 0. The van der Waals surface area contributed by atoms with Crippen LogP contribution in [-0.2, 0) is 9.53 Å². The SMILES string of the molecule is CCOC(=O)N1CCCC(C(=O)Nc2ccc(-c3ccccc3)cc2)C1. The normalized spacial score (nSPS) is 16.8. The van der Waals surface area contributed by atoms with Gasteiger partial charge >= 0.3 is 6.09 Å². The Labute approximate surface area is 154 Å². The second-order valence-corrected chi connectivity index (χ2v) is 6.42. The van der Waals surface area contributed by atoms with E-state index < -0.39 is 0 Å². The number of rotatable bonds is 4. The molecule has 0 spiro atoms. The summed E-state index contributed by atoms with van der Waals surface area (Å²) in [4.78, 5) is 26.0. The largest absolute Gasteiger partial charge is 0.450 e. The average Bonchev–Trinajstić information content (AvgIpc) is 2.69. The van der Waals surface area contributed by atoms with Crippen molar-refractivity contribution in [1.29, 1.82) is 0 Å². The molecule has 1 heterocycles. The Morgan fingerprint density at radius 2 is 1.77 bits per heavy atom. The minimum atomic E-state index is -0.336. The summed E-state index contributed by atoms with van der Waals surface area (Å²) in [6.45, 7) is 3.19. The first kappa shape index (κ1) is 18.0. The van der Waals surface area contributed by atoms with Crippen LogP contribution >= 0.6 is 0 Å². The van der Waals surface area contributed by atoms with Gasteiger partial charge in [-0.1, -0.05) is 42.5 Å². The summed E-state index contributed by atoms with van der Waals surface area (Å²) in [5.74, 6) is -0.256. The first-order valence-corrected chi connectivity index (χ1v) is 9.05. The quantitative estimate of drug-likeness (QED) is 0.899. The molecule has 2 amide bonds. The highest BCUT2D eigenvalue weighted by atomic mass is 16.6. The predicted octanol–water partition coefficient (Wildman–Crippen LogP) is 4.16. The number of nitrogens with one attached hydrogen (secondary N) is 1. The van der Waals surface area contributed by atoms with Crippen LogP contribution < -0.4 is 5.32 Å². The Kier molecular flexibility index (Phi) is 5.89. The third kappa shape index (κ3) is 4.42. The molecule has 0 aromatic heterocycles. The summed E-state index contributed by atoms with van der Waals surface area (Å²) >= 11 is 0. The van der Waals surface area contributed by atoms with Crippen LogP contribution in [-0.4, -0.2) is 36.6 Å². The fraction of sp³-hybridized carbons (Fsp3) is 0.333. The van der Waals surface area contributed by atoms with Crippen molar-refractivity contribution in [1.82, 2.24) is 4.90 Å². The van der Waals surface area contributed by atoms with Gasteiger partial charge in [-0.05, 0) is 43.0 Å². The molecule has 2 aromatic rings. The van der Waals surface area contributed by atoms with E-state index in [0.717, 1.165) is 29.7 Å². The lowest BCUT2D eigenvalue weighted by Crippen LogP contribution is -2.44. The van der Waals surface area contributed by atoms with Crippen molar-refractivity contribution in [3.05, 3.63) is 54.6 Å². The number of anilines is 1. The van der Waals surface area contributed by atoms with Gasteiger partial charge in [-0.2, -0.15) is 0 Å². The Bertz CT molecular complexity index is 744. The van der Waals surface area contributed by atoms with Gasteiger partial charge in [0.2, 0.25) is 5.91 Å². The summed E-state index contributed by atoms with van der Waals surface area (Å²) in [6, 6.07) is 17.9. The van der Waals surface area contributed by atoms with E-state index in [1.54, 1.807) is 11.8 Å². The van der Waals surface area contributed by atoms with Crippen LogP contribution in [0.15, 0.2) is 54.6 Å². The zero-order chi connectivity index (χ0) is 18.4. The van der Waals surface area contributed by atoms with Gasteiger partial charge in [-0.15, -0.1) is 0 Å². The molecule has 1 unspecified atom stereocenters. The molecule has 1 atom stereocenters. The van der Waals surface area contributed by atoms with E-state index in [1.807, 2.05) is 42.5 Å². The summed E-state index contributed by atoms with van der Waals surface area (Å²) < 4.78 is 5.04. The molecule has 0 radical (unpaired) electrons. The Balaban J connectivity index is 1.60. The maximum absolute atomic E-state index is 12.6. The number of benzene rings is 2. The molecule has 0 bridgehead atoms. The van der Waals surface area contributed by atoms with Crippen LogP contribution in [0.2, 0.25) is 0 Å². The standard InChI is InChI=1S/C21H24N2O3/c1-2-26-21(25)23-14-6-9-18(15-23)20(24)22-19-12-10-17(11-13-19)16-7-4-3-5-8-16/h3-5,7-8,10-13,18H,2,6,9,14-15H2,1H3,(H,22,24). The van der Waals surface area contributed by atoms with Crippen LogP contribution in [0, 0.1) is 5.92 Å². The predicted molar refractivity (Wildman–Crippen MR) is 102 cm³/mol. The molecule has 1 aliphatic heterocycles. The van der Waals surface area contributed by atoms with E-state index in [1.165, 1.54) is 0 Å². The molecule has 1 saturated heterocycles. The highest BCUT2D eigenvalue weighted by molar-refractivity contribution is 5.93. The fourth-order valence-corrected chi connectivity index (χ4v) is 3.19. The Hall–Kier alpha value is -2.82. The Morgan fingerprint density at radius 1 is 1.08 bits per heavy atom. The molecule has 1 aliphatic rings. The number of hydrogen-bond donors (Lipinski definition) is 1. The van der Waals surface area contributed by atoms with Crippen molar-refractivity contribution in [2.75, 3.05) is 25.0 Å². The van der Waals surface area contributed by atoms with Crippen LogP contribution in [0.5, 0.6) is 0 Å². The van der Waals surface area contributed by atoms with Crippen LogP contribution in [0.25, 0.3) is 11.1 Å². The lowest BCUT2D eigenvalue weighted by Gasteiger charge is -2.31. The number of ether oxygens (including phenoxy) is 1. The van der Waals surface area contributed by atoms with Crippen LogP contribution in [0.3, 0.4) is 0 Å². The van der Waals surface area contributed by atoms with Crippen molar-refractivity contribution in [2.45, 2.75) is 19.8 Å². The van der Waals surface area contributed by atoms with Gasteiger partial charge in [0.1, 0.15) is 0 Å². The van der Waals surface area contributed by atoms with E-state index in [9.17, 15) is 9.59 Å². The number of amides is 2. The number of piperidine rings is 1. The van der Waals surface area contributed by atoms with Crippen molar-refractivity contribution in [2.24, 2.45) is 5.92 Å². The van der Waals surface area contributed by atoms with Gasteiger partial charge < -0.3 is 15.0 Å². The molecule has 0 saturated carbocycles. The zero-order valence-corrected chi connectivity index (χ0v) is 15.0. The Morgan fingerprint density at radius 3 is 2.46 bits per heavy atom. The maximum atomic E-state index is 12.6. The monoisotopic (exact) mass is 352 g/mol. The van der Waals surface area contributed by atoms with Gasteiger partial charge in [0.25, 0.3) is 0 Å². The number of nitrogens with zero attached hydrogens (tertiary/aromatic N) is 1. The van der Waals surface area contributed by atoms with Gasteiger partial charge in [-0.25, -0.2) is 4.79 Å². The smallest absolute Gasteiger partial charge is 0.409 e. The van der Waals surface area contributed by atoms with Crippen LogP contribution in [0.4, 0.5) is 10.5 Å². The highest BCUT2D eigenvalue weighted by Crippen LogP contribution is 2.23. The molecule has 0 aliphatic carbocycles. The molecule has 136 valence electrons. The topological polar surface area (TPSA) is 58.6 Å². The minimum Gasteiger partial charge on any atom is -0.450 e. The van der Waals surface area contributed by atoms with E-state index in [2.05, 4.69) is 17.4 Å². The lowest BCUT2D eigenvalue weighted by molar-refractivity contribution is -0.121. The number of likely N-dealkylation sites (tertiary alicyclic amines) is 1. The number of carbonyl (C=O) groups excluding carboxylic acids is 2. The number of hydrogen-bond acceptors (Lipinski definition) is 3. The van der Waals surface area contributed by atoms with Crippen molar-refractivity contribution >= 4 is 17.7 Å². The summed E-state index contributed by atoms with van der Waals surface area (Å²) in [5, 5.41) is 2.96. The van der Waals surface area contributed by atoms with E-state index >= 15 is 0 Å². The van der Waals surface area contributed by atoms with Crippen LogP contribution in [0.1, 0.15) is 19.8 Å². The van der Waals surface area contributed by atoms with Crippen molar-refractivity contribution < 1.29 is 14.3 Å². The fourth-order valence-electron chi connectivity index (χ4n) is 3.19. The van der Waals surface area contributed by atoms with Gasteiger partial charge in [0.15, 0.2) is 0 Å². The average molecular weight is 352 g/mol. The third-order valence-corrected chi connectivity index (χ3v) is 4.58. The minimum absolute atomic E-state index is 0.0496. The highest BCUT2D eigenvalue weighted by Gasteiger charge is 2.29. The molecular formula is C21H24N2O3. The molecule has 26 heavy (non-hydrogen) atoms. The molecule has 1 fully saturated rings. The molecule has 5 nitrogen and oxygen atoms in total. The van der Waals surface area contributed by atoms with E-state index in [4.69, 9.17) is 4.74 Å². The molecule has 3 rings (SSSR count). The van der Waals surface area contributed by atoms with E-state index in [0.29, 0.717) is 19.7 Å². The summed E-state index contributed by atoms with van der Waals surface area (Å²) in [5.41, 5.74) is 3.01. The molecule has 2 aromatic carbocycles. The van der Waals surface area contributed by atoms with Gasteiger partial charge in [-0.3, -0.25) is 4.79 Å². The van der Waals surface area contributed by atoms with E-state index in [-0.39, 0.29) is 17.9 Å². The van der Waals surface area contributed by atoms with Crippen molar-refractivity contribution in [3.8, 4) is 11.1 Å². The maximum Gasteiger partial charge on any atom is 0.409 e. The third-order valence-electron chi connectivity index (χ3n) is 4.58. The molecule has 5 heteroatoms. The first-order chi connectivity index (χ1) is 12.7. The molecule has 1 N–H and O–H groups in total. The second kappa shape index (κ2) is 8.52. The second-order valence-electron chi connectivity index (χ2n) is 6.42. The lowest BCUT2D eigenvalue weighted by atomic mass is 9.97. The zero-order valence-electron chi connectivity index (χ0n) is 15.0.